The number of benzene rings is 1. The van der Waals surface area contributed by atoms with Crippen molar-refractivity contribution in [3.63, 3.8) is 0 Å². The molecule has 1 aliphatic carbocycles. The quantitative estimate of drug-likeness (QED) is 0.884. The maximum absolute atomic E-state index is 12.4. The Morgan fingerprint density at radius 2 is 1.92 bits per heavy atom. The highest BCUT2D eigenvalue weighted by atomic mass is 16.1. The van der Waals surface area contributed by atoms with Crippen LogP contribution in [0.1, 0.15) is 53.7 Å². The molecule has 1 aromatic heterocycles. The van der Waals surface area contributed by atoms with E-state index in [0.717, 1.165) is 18.4 Å². The highest BCUT2D eigenvalue weighted by molar-refractivity contribution is 5.95. The van der Waals surface area contributed by atoms with Crippen LogP contribution in [0.3, 0.4) is 0 Å². The Morgan fingerprint density at radius 1 is 1.17 bits per heavy atom. The third-order valence-electron chi connectivity index (χ3n) is 4.46. The monoisotopic (exact) mass is 324 g/mol. The van der Waals surface area contributed by atoms with Crippen molar-refractivity contribution in [1.82, 2.24) is 15.3 Å². The molecular weight excluding hydrogens is 300 g/mol. The lowest BCUT2D eigenvalue weighted by Crippen LogP contribution is -2.36. The van der Waals surface area contributed by atoms with Crippen molar-refractivity contribution >= 4 is 11.9 Å². The van der Waals surface area contributed by atoms with E-state index in [1.54, 1.807) is 6.20 Å². The molecule has 0 aliphatic heterocycles. The van der Waals surface area contributed by atoms with E-state index >= 15 is 0 Å². The van der Waals surface area contributed by atoms with E-state index in [0.29, 0.717) is 29.8 Å². The van der Waals surface area contributed by atoms with Crippen LogP contribution in [0.5, 0.6) is 0 Å². The van der Waals surface area contributed by atoms with Gasteiger partial charge >= 0.3 is 0 Å². The minimum atomic E-state index is -0.0611. The van der Waals surface area contributed by atoms with Crippen molar-refractivity contribution in [3.8, 4) is 0 Å². The first-order valence-corrected chi connectivity index (χ1v) is 8.64. The highest BCUT2D eigenvalue weighted by Crippen LogP contribution is 2.18. The summed E-state index contributed by atoms with van der Waals surface area (Å²) in [4.78, 5) is 21.1. The van der Waals surface area contributed by atoms with Crippen LogP contribution in [0.4, 0.5) is 5.95 Å². The number of nitrogens with one attached hydrogen (secondary N) is 2. The van der Waals surface area contributed by atoms with Gasteiger partial charge in [-0.05, 0) is 25.3 Å². The summed E-state index contributed by atoms with van der Waals surface area (Å²) in [6, 6.07) is 10.4. The fourth-order valence-corrected chi connectivity index (χ4v) is 3.06. The predicted molar refractivity (Wildman–Crippen MR) is 94.9 cm³/mol. The van der Waals surface area contributed by atoms with Gasteiger partial charge in [0.1, 0.15) is 0 Å². The summed E-state index contributed by atoms with van der Waals surface area (Å²) in [6.45, 7) is 2.51. The molecule has 5 nitrogen and oxygen atoms in total. The van der Waals surface area contributed by atoms with Crippen molar-refractivity contribution in [2.45, 2.75) is 51.6 Å². The second-order valence-corrected chi connectivity index (χ2v) is 6.34. The lowest BCUT2D eigenvalue weighted by molar-refractivity contribution is 0.0926. The van der Waals surface area contributed by atoms with Gasteiger partial charge in [0.05, 0.1) is 11.3 Å². The van der Waals surface area contributed by atoms with E-state index < -0.39 is 0 Å². The summed E-state index contributed by atoms with van der Waals surface area (Å²) >= 11 is 0. The zero-order valence-electron chi connectivity index (χ0n) is 14.1. The Balaban J connectivity index is 1.60. The molecule has 2 N–H and O–H groups in total. The van der Waals surface area contributed by atoms with Crippen LogP contribution >= 0.6 is 0 Å². The fourth-order valence-electron chi connectivity index (χ4n) is 3.06. The van der Waals surface area contributed by atoms with Gasteiger partial charge in [-0.3, -0.25) is 4.79 Å². The molecule has 1 fully saturated rings. The van der Waals surface area contributed by atoms with E-state index in [1.165, 1.54) is 19.3 Å². The highest BCUT2D eigenvalue weighted by Gasteiger charge is 2.18. The van der Waals surface area contributed by atoms with E-state index in [9.17, 15) is 4.79 Å². The SMILES string of the molecule is Cc1nc(NCc2ccccc2)ncc1C(=O)NC1CCCCC1. The zero-order chi connectivity index (χ0) is 16.8. The second kappa shape index (κ2) is 7.90. The van der Waals surface area contributed by atoms with Crippen LogP contribution in [0.25, 0.3) is 0 Å². The van der Waals surface area contributed by atoms with Crippen LogP contribution in [-0.2, 0) is 6.54 Å². The van der Waals surface area contributed by atoms with Crippen LogP contribution in [0.15, 0.2) is 36.5 Å². The summed E-state index contributed by atoms with van der Waals surface area (Å²) in [7, 11) is 0. The van der Waals surface area contributed by atoms with Gasteiger partial charge in [0, 0.05) is 18.8 Å². The molecular formula is C19H24N4O. The molecule has 1 amide bonds. The first kappa shape index (κ1) is 16.4. The van der Waals surface area contributed by atoms with Gasteiger partial charge in [0.25, 0.3) is 5.91 Å². The number of carbonyl (C=O) groups excluding carboxylic acids is 1. The average Bonchev–Trinajstić information content (AvgIpc) is 2.61. The van der Waals surface area contributed by atoms with Gasteiger partial charge in [-0.1, -0.05) is 49.6 Å². The molecule has 0 saturated heterocycles. The van der Waals surface area contributed by atoms with Gasteiger partial charge in [-0.2, -0.15) is 0 Å². The molecule has 0 atom stereocenters. The van der Waals surface area contributed by atoms with Gasteiger partial charge in [0.15, 0.2) is 0 Å². The molecule has 0 radical (unpaired) electrons. The smallest absolute Gasteiger partial charge is 0.254 e. The topological polar surface area (TPSA) is 66.9 Å². The number of anilines is 1. The Bertz CT molecular complexity index is 681. The molecule has 1 saturated carbocycles. The lowest BCUT2D eigenvalue weighted by Gasteiger charge is -2.23. The summed E-state index contributed by atoms with van der Waals surface area (Å²) in [6.07, 6.45) is 7.43. The van der Waals surface area contributed by atoms with Crippen molar-refractivity contribution in [1.29, 1.82) is 0 Å². The summed E-state index contributed by atoms with van der Waals surface area (Å²) in [5.74, 6) is 0.486. The number of nitrogens with zero attached hydrogens (tertiary/aromatic N) is 2. The summed E-state index contributed by atoms with van der Waals surface area (Å²) in [5, 5.41) is 6.31. The molecule has 3 rings (SSSR count). The normalized spacial score (nSPS) is 15.0. The maximum Gasteiger partial charge on any atom is 0.254 e. The van der Waals surface area contributed by atoms with Gasteiger partial charge < -0.3 is 10.6 Å². The molecule has 1 aliphatic rings. The van der Waals surface area contributed by atoms with Crippen molar-refractivity contribution < 1.29 is 4.79 Å². The number of hydrogen-bond donors (Lipinski definition) is 2. The third-order valence-corrected chi connectivity index (χ3v) is 4.46. The standard InChI is InChI=1S/C19H24N4O/c1-14-17(18(24)23-16-10-6-3-7-11-16)13-21-19(22-14)20-12-15-8-4-2-5-9-15/h2,4-5,8-9,13,16H,3,6-7,10-12H2,1H3,(H,23,24)(H,20,21,22). The Labute approximate surface area is 142 Å². The number of rotatable bonds is 5. The number of aromatic nitrogens is 2. The van der Waals surface area contributed by atoms with Crippen molar-refractivity contribution in [2.75, 3.05) is 5.32 Å². The molecule has 1 aromatic carbocycles. The fraction of sp³-hybridized carbons (Fsp3) is 0.421. The Morgan fingerprint density at radius 3 is 2.62 bits per heavy atom. The lowest BCUT2D eigenvalue weighted by atomic mass is 9.95. The maximum atomic E-state index is 12.4. The molecule has 1 heterocycles. The minimum absolute atomic E-state index is 0.0611. The van der Waals surface area contributed by atoms with E-state index in [2.05, 4.69) is 20.6 Å². The predicted octanol–water partition coefficient (Wildman–Crippen LogP) is 3.46. The van der Waals surface area contributed by atoms with Crippen LogP contribution in [0.2, 0.25) is 0 Å². The molecule has 0 unspecified atom stereocenters. The largest absolute Gasteiger partial charge is 0.350 e. The molecule has 5 heteroatoms. The Hall–Kier alpha value is -2.43. The second-order valence-electron chi connectivity index (χ2n) is 6.34. The van der Waals surface area contributed by atoms with E-state index in [-0.39, 0.29) is 5.91 Å². The van der Waals surface area contributed by atoms with Crippen LogP contribution in [-0.4, -0.2) is 21.9 Å². The van der Waals surface area contributed by atoms with E-state index in [4.69, 9.17) is 0 Å². The first-order chi connectivity index (χ1) is 11.7. The first-order valence-electron chi connectivity index (χ1n) is 8.64. The molecule has 24 heavy (non-hydrogen) atoms. The van der Waals surface area contributed by atoms with Crippen LogP contribution < -0.4 is 10.6 Å². The molecule has 2 aromatic rings. The third kappa shape index (κ3) is 4.31. The average molecular weight is 324 g/mol. The van der Waals surface area contributed by atoms with Gasteiger partial charge in [0.2, 0.25) is 5.95 Å². The number of amides is 1. The van der Waals surface area contributed by atoms with Gasteiger partial charge in [-0.15, -0.1) is 0 Å². The van der Waals surface area contributed by atoms with E-state index in [1.807, 2.05) is 37.3 Å². The summed E-state index contributed by atoms with van der Waals surface area (Å²) in [5.41, 5.74) is 2.43. The molecule has 0 spiro atoms. The molecule has 126 valence electrons. The zero-order valence-corrected chi connectivity index (χ0v) is 14.1. The minimum Gasteiger partial charge on any atom is -0.350 e. The summed E-state index contributed by atoms with van der Waals surface area (Å²) < 4.78 is 0. The number of carbonyl (C=O) groups is 1. The Kier molecular flexibility index (Phi) is 5.41. The number of aryl methyl sites for hydroxylation is 1. The van der Waals surface area contributed by atoms with Crippen molar-refractivity contribution in [3.05, 3.63) is 53.3 Å². The number of hydrogen-bond acceptors (Lipinski definition) is 4. The van der Waals surface area contributed by atoms with Crippen LogP contribution in [0, 0.1) is 6.92 Å². The van der Waals surface area contributed by atoms with Gasteiger partial charge in [-0.25, -0.2) is 9.97 Å². The van der Waals surface area contributed by atoms with Crippen molar-refractivity contribution in [2.24, 2.45) is 0 Å². The molecule has 0 bridgehead atoms.